The topological polar surface area (TPSA) is 139 Å². The summed E-state index contributed by atoms with van der Waals surface area (Å²) in [7, 11) is 0. The summed E-state index contributed by atoms with van der Waals surface area (Å²) in [5.41, 5.74) is 2.16. The van der Waals surface area contributed by atoms with E-state index in [1.54, 1.807) is 23.1 Å². The predicted molar refractivity (Wildman–Crippen MR) is 172 cm³/mol. The summed E-state index contributed by atoms with van der Waals surface area (Å²) in [4.78, 5) is 11.6. The van der Waals surface area contributed by atoms with E-state index >= 15 is 0 Å². The van der Waals surface area contributed by atoms with Gasteiger partial charge in [-0.3, -0.25) is 9.58 Å². The van der Waals surface area contributed by atoms with E-state index in [1.807, 2.05) is 29.9 Å². The van der Waals surface area contributed by atoms with E-state index in [0.717, 1.165) is 63.1 Å². The standard InChI is InChI=1S/C31H39ClF2N10O4/c1-21(17-43-20-37-40-41-43)48-28-14-22(2-7-26(28)32)23-15-35-31(36-16-23)38-27-18-44(39-30(27)47-13-12-46-19-29(33)34)25-5-3-24(4-6-25)42-8-10-45-11-9-42/h2,7,14-16,18,20-21,24-25,29H,3-6,8-13,17,19H2,1H3,(H,35,36,38)/t21-,24?,25?/m0/s1. The summed E-state index contributed by atoms with van der Waals surface area (Å²) < 4.78 is 51.0. The van der Waals surface area contributed by atoms with Gasteiger partial charge in [-0.05, 0) is 60.7 Å². The third kappa shape index (κ3) is 9.12. The van der Waals surface area contributed by atoms with Gasteiger partial charge in [0.1, 0.15) is 37.1 Å². The highest BCUT2D eigenvalue weighted by atomic mass is 35.5. The van der Waals surface area contributed by atoms with Crippen molar-refractivity contribution in [1.82, 2.24) is 44.9 Å². The van der Waals surface area contributed by atoms with Gasteiger partial charge in [0.2, 0.25) is 5.95 Å². The lowest BCUT2D eigenvalue weighted by molar-refractivity contribution is 0.00467. The third-order valence-corrected chi connectivity index (χ3v) is 8.65. The molecular formula is C31H39ClF2N10O4. The maximum absolute atomic E-state index is 12.5. The fraction of sp³-hybridized carbons (Fsp3) is 0.548. The summed E-state index contributed by atoms with van der Waals surface area (Å²) in [6.45, 7) is 5.33. The normalized spacial score (nSPS) is 19.4. The van der Waals surface area contributed by atoms with E-state index in [4.69, 9.17) is 35.6 Å². The average Bonchev–Trinajstić information content (AvgIpc) is 3.76. The van der Waals surface area contributed by atoms with Crippen LogP contribution in [0.2, 0.25) is 5.02 Å². The lowest BCUT2D eigenvalue weighted by Crippen LogP contribution is -2.45. The first-order valence-electron chi connectivity index (χ1n) is 16.1. The molecule has 6 rings (SSSR count). The maximum Gasteiger partial charge on any atom is 0.261 e. The van der Waals surface area contributed by atoms with Gasteiger partial charge in [0.05, 0.1) is 43.6 Å². The summed E-state index contributed by atoms with van der Waals surface area (Å²) >= 11 is 6.43. The number of nitrogens with one attached hydrogen (secondary N) is 1. The lowest BCUT2D eigenvalue weighted by atomic mass is 9.90. The molecule has 17 heteroatoms. The number of tetrazole rings is 1. The molecule has 0 bridgehead atoms. The van der Waals surface area contributed by atoms with Gasteiger partial charge in [-0.15, -0.1) is 10.2 Å². The SMILES string of the molecule is C[C@@H](Cn1cnnn1)Oc1cc(-c2cnc(Nc3cn(C4CCC(N5CCOCC5)CC4)nc3OCCOCC(F)F)nc2)ccc1Cl. The van der Waals surface area contributed by atoms with Crippen molar-refractivity contribution >= 4 is 23.2 Å². The molecule has 2 aliphatic rings. The lowest BCUT2D eigenvalue weighted by Gasteiger charge is -2.38. The summed E-state index contributed by atoms with van der Waals surface area (Å²) in [6.07, 6.45) is 8.15. The molecule has 14 nitrogen and oxygen atoms in total. The Morgan fingerprint density at radius 1 is 1.04 bits per heavy atom. The summed E-state index contributed by atoms with van der Waals surface area (Å²) in [5, 5.41) is 19.6. The van der Waals surface area contributed by atoms with Crippen LogP contribution in [0.4, 0.5) is 20.4 Å². The highest BCUT2D eigenvalue weighted by molar-refractivity contribution is 6.32. The second-order valence-corrected chi connectivity index (χ2v) is 12.2. The number of rotatable bonds is 15. The van der Waals surface area contributed by atoms with Crippen molar-refractivity contribution in [3.8, 4) is 22.8 Å². The number of nitrogens with zero attached hydrogens (tertiary/aromatic N) is 9. The number of halogens is 3. The zero-order chi connectivity index (χ0) is 33.3. The zero-order valence-electron chi connectivity index (χ0n) is 26.6. The first kappa shape index (κ1) is 33.9. The van der Waals surface area contributed by atoms with Crippen LogP contribution in [0.5, 0.6) is 11.6 Å². The van der Waals surface area contributed by atoms with Crippen LogP contribution in [0.1, 0.15) is 38.6 Å². The molecule has 4 aromatic rings. The van der Waals surface area contributed by atoms with Crippen LogP contribution < -0.4 is 14.8 Å². The van der Waals surface area contributed by atoms with Gasteiger partial charge in [-0.2, -0.15) is 0 Å². The van der Waals surface area contributed by atoms with Crippen molar-refractivity contribution < 1.29 is 27.7 Å². The van der Waals surface area contributed by atoms with Crippen molar-refractivity contribution in [3.63, 3.8) is 0 Å². The Morgan fingerprint density at radius 2 is 1.81 bits per heavy atom. The molecule has 0 radical (unpaired) electrons. The van der Waals surface area contributed by atoms with Gasteiger partial charge in [0, 0.05) is 37.1 Å². The highest BCUT2D eigenvalue weighted by Crippen LogP contribution is 2.35. The molecule has 3 aromatic heterocycles. The van der Waals surface area contributed by atoms with Crippen LogP contribution in [-0.4, -0.2) is 110 Å². The van der Waals surface area contributed by atoms with E-state index < -0.39 is 13.0 Å². The summed E-state index contributed by atoms with van der Waals surface area (Å²) in [5.74, 6) is 1.19. The summed E-state index contributed by atoms with van der Waals surface area (Å²) in [6, 6.07) is 6.23. The molecule has 0 amide bonds. The van der Waals surface area contributed by atoms with Crippen molar-refractivity contribution in [2.24, 2.45) is 0 Å². The van der Waals surface area contributed by atoms with Gasteiger partial charge >= 0.3 is 0 Å². The van der Waals surface area contributed by atoms with E-state index in [0.29, 0.717) is 40.9 Å². The van der Waals surface area contributed by atoms with E-state index in [2.05, 4.69) is 35.7 Å². The Bertz CT molecular complexity index is 1570. The monoisotopic (exact) mass is 688 g/mol. The van der Waals surface area contributed by atoms with Gasteiger partial charge in [-0.25, -0.2) is 23.4 Å². The molecule has 1 aliphatic carbocycles. The van der Waals surface area contributed by atoms with Gasteiger partial charge in [0.15, 0.2) is 0 Å². The van der Waals surface area contributed by atoms with Gasteiger partial charge in [0.25, 0.3) is 12.3 Å². The Morgan fingerprint density at radius 3 is 2.54 bits per heavy atom. The van der Waals surface area contributed by atoms with E-state index in [-0.39, 0.29) is 25.4 Å². The second kappa shape index (κ2) is 16.4. The van der Waals surface area contributed by atoms with Gasteiger partial charge in [-0.1, -0.05) is 17.7 Å². The Labute approximate surface area is 281 Å². The maximum atomic E-state index is 12.5. The molecule has 0 spiro atoms. The van der Waals surface area contributed by atoms with Gasteiger partial charge < -0.3 is 24.3 Å². The molecule has 1 aliphatic heterocycles. The van der Waals surface area contributed by atoms with Crippen molar-refractivity contribution in [2.45, 2.75) is 63.8 Å². The van der Waals surface area contributed by atoms with E-state index in [9.17, 15) is 8.78 Å². The molecule has 1 saturated heterocycles. The third-order valence-electron chi connectivity index (χ3n) is 8.34. The molecular weight excluding hydrogens is 650 g/mol. The van der Waals surface area contributed by atoms with Crippen molar-refractivity contribution in [1.29, 1.82) is 0 Å². The predicted octanol–water partition coefficient (Wildman–Crippen LogP) is 4.67. The number of benzene rings is 1. The van der Waals surface area contributed by atoms with Crippen LogP contribution in [0, 0.1) is 0 Å². The number of hydrogen-bond donors (Lipinski definition) is 1. The zero-order valence-corrected chi connectivity index (χ0v) is 27.4. The minimum Gasteiger partial charge on any atom is -0.487 e. The molecule has 48 heavy (non-hydrogen) atoms. The molecule has 1 saturated carbocycles. The Balaban J connectivity index is 1.11. The molecule has 4 heterocycles. The highest BCUT2D eigenvalue weighted by Gasteiger charge is 2.29. The second-order valence-electron chi connectivity index (χ2n) is 11.8. The molecule has 258 valence electrons. The van der Waals surface area contributed by atoms with Crippen molar-refractivity contribution in [3.05, 3.63) is 48.1 Å². The molecule has 1 N–H and O–H groups in total. The van der Waals surface area contributed by atoms with Crippen LogP contribution >= 0.6 is 11.6 Å². The molecule has 1 atom stereocenters. The van der Waals surface area contributed by atoms with Crippen LogP contribution in [0.15, 0.2) is 43.1 Å². The van der Waals surface area contributed by atoms with Crippen LogP contribution in [-0.2, 0) is 16.0 Å². The molecule has 1 aromatic carbocycles. The molecule has 2 fully saturated rings. The first-order chi connectivity index (χ1) is 23.4. The first-order valence-corrected chi connectivity index (χ1v) is 16.4. The van der Waals surface area contributed by atoms with Crippen molar-refractivity contribution in [2.75, 3.05) is 51.4 Å². The van der Waals surface area contributed by atoms with Crippen LogP contribution in [0.25, 0.3) is 11.1 Å². The fourth-order valence-electron chi connectivity index (χ4n) is 5.97. The number of aromatic nitrogens is 8. The minimum absolute atomic E-state index is 0.00965. The van der Waals surface area contributed by atoms with Crippen LogP contribution in [0.3, 0.4) is 0 Å². The average molecular weight is 689 g/mol. The number of ether oxygens (including phenoxy) is 4. The Hall–Kier alpha value is -3.99. The number of hydrogen-bond acceptors (Lipinski definition) is 12. The Kier molecular flexibility index (Phi) is 11.6. The fourth-order valence-corrected chi connectivity index (χ4v) is 6.13. The minimum atomic E-state index is -2.53. The van der Waals surface area contributed by atoms with E-state index in [1.165, 1.54) is 6.33 Å². The number of morpholine rings is 1. The molecule has 0 unspecified atom stereocenters. The number of alkyl halides is 2. The number of anilines is 2. The smallest absolute Gasteiger partial charge is 0.261 e. The quantitative estimate of drug-likeness (QED) is 0.174. The largest absolute Gasteiger partial charge is 0.487 e.